The summed E-state index contributed by atoms with van der Waals surface area (Å²) in [4.78, 5) is 9.18. The summed E-state index contributed by atoms with van der Waals surface area (Å²) in [7, 11) is 0. The van der Waals surface area contributed by atoms with E-state index in [-0.39, 0.29) is 0 Å². The second kappa shape index (κ2) is 9.13. The number of hydrogen-bond acceptors (Lipinski definition) is 3. The molecular weight excluding hydrogens is 404 g/mol. The lowest BCUT2D eigenvalue weighted by Crippen LogP contribution is -2.27. The first-order valence-electron chi connectivity index (χ1n) is 10.9. The monoisotopic (exact) mass is 432 g/mol. The molecule has 0 aliphatic heterocycles. The Morgan fingerprint density at radius 3 is 2.42 bits per heavy atom. The molecule has 4 aromatic rings. The maximum absolute atomic E-state index is 6.22. The number of pyridine rings is 1. The topological polar surface area (TPSA) is 56.7 Å². The Bertz CT molecular complexity index is 1470. The number of aromatic nitrogens is 3. The molecule has 0 radical (unpaired) electrons. The number of aryl methyl sites for hydroxylation is 1. The van der Waals surface area contributed by atoms with Crippen LogP contribution in [0.3, 0.4) is 0 Å². The van der Waals surface area contributed by atoms with E-state index in [4.69, 9.17) is 10.7 Å². The molecule has 0 amide bonds. The summed E-state index contributed by atoms with van der Waals surface area (Å²) in [6.45, 7) is 14.6. The zero-order chi connectivity index (χ0) is 23.5. The first-order chi connectivity index (χ1) is 15.8. The molecule has 2 aromatic carbocycles. The van der Waals surface area contributed by atoms with Gasteiger partial charge in [0.1, 0.15) is 11.6 Å². The Morgan fingerprint density at radius 1 is 1.00 bits per heavy atom. The Labute approximate surface area is 194 Å². The normalized spacial score (nSPS) is 12.2. The summed E-state index contributed by atoms with van der Waals surface area (Å²) in [6.07, 6.45) is 5.77. The van der Waals surface area contributed by atoms with Crippen LogP contribution in [0.5, 0.6) is 0 Å². The maximum atomic E-state index is 6.22. The Morgan fingerprint density at radius 2 is 1.76 bits per heavy atom. The van der Waals surface area contributed by atoms with Gasteiger partial charge in [-0.25, -0.2) is 9.97 Å². The fourth-order valence-electron chi connectivity index (χ4n) is 3.76. The van der Waals surface area contributed by atoms with Gasteiger partial charge in [-0.3, -0.25) is 4.57 Å². The predicted molar refractivity (Wildman–Crippen MR) is 140 cm³/mol. The average molecular weight is 433 g/mol. The summed E-state index contributed by atoms with van der Waals surface area (Å²) >= 11 is 0. The van der Waals surface area contributed by atoms with Crippen molar-refractivity contribution in [1.29, 1.82) is 0 Å². The molecule has 0 unspecified atom stereocenters. The minimum absolute atomic E-state index is 0.431. The van der Waals surface area contributed by atoms with Gasteiger partial charge in [0.05, 0.1) is 16.3 Å². The molecule has 0 fully saturated rings. The van der Waals surface area contributed by atoms with Gasteiger partial charge in [0.25, 0.3) is 0 Å². The van der Waals surface area contributed by atoms with E-state index in [1.165, 1.54) is 11.1 Å². The van der Waals surface area contributed by atoms with E-state index in [9.17, 15) is 0 Å². The molecule has 0 aliphatic carbocycles. The highest BCUT2D eigenvalue weighted by Gasteiger charge is 2.14. The van der Waals surface area contributed by atoms with Crippen LogP contribution < -0.4 is 16.4 Å². The highest BCUT2D eigenvalue weighted by Crippen LogP contribution is 2.23. The van der Waals surface area contributed by atoms with Crippen molar-refractivity contribution >= 4 is 29.6 Å². The van der Waals surface area contributed by atoms with Gasteiger partial charge in [-0.2, -0.15) is 0 Å². The van der Waals surface area contributed by atoms with E-state index in [1.54, 1.807) is 6.20 Å². The first kappa shape index (κ1) is 22.0. The average Bonchev–Trinajstić information content (AvgIpc) is 3.13. The van der Waals surface area contributed by atoms with E-state index in [1.807, 2.05) is 41.8 Å². The second-order valence-electron chi connectivity index (χ2n) is 8.25. The van der Waals surface area contributed by atoms with Crippen LogP contribution in [0, 0.1) is 6.92 Å². The molecule has 2 N–H and O–H groups in total. The molecule has 4 heteroatoms. The summed E-state index contributed by atoms with van der Waals surface area (Å²) in [6, 6.07) is 20.5. The van der Waals surface area contributed by atoms with Crippen molar-refractivity contribution in [2.75, 3.05) is 5.73 Å². The number of nitrogen functional groups attached to an aromatic ring is 1. The molecule has 4 rings (SSSR count). The molecule has 33 heavy (non-hydrogen) atoms. The van der Waals surface area contributed by atoms with E-state index in [0.717, 1.165) is 38.7 Å². The van der Waals surface area contributed by atoms with E-state index in [2.05, 4.69) is 74.5 Å². The molecule has 0 aliphatic rings. The third kappa shape index (κ3) is 4.55. The van der Waals surface area contributed by atoms with E-state index < -0.39 is 0 Å². The standard InChI is InChI=1S/C29H28N4/c1-19(2)23-12-14-25(15-13-23)33-22(5)27(32-29(33)26-10-7-17-31-28(26)30)16-11-21(4)24-9-6-8-20(3)18-24/h6-18H,1,5H2,2-4H3,(H2,30,31)/b21-11+,27-16+. The molecule has 0 spiro atoms. The first-order valence-corrected chi connectivity index (χ1v) is 10.9. The quantitative estimate of drug-likeness (QED) is 0.474. The van der Waals surface area contributed by atoms with Gasteiger partial charge < -0.3 is 5.73 Å². The van der Waals surface area contributed by atoms with Gasteiger partial charge >= 0.3 is 0 Å². The molecule has 4 nitrogen and oxygen atoms in total. The second-order valence-corrected chi connectivity index (χ2v) is 8.25. The lowest BCUT2D eigenvalue weighted by molar-refractivity contribution is 1.03. The number of nitrogens with two attached hydrogens (primary N) is 1. The number of anilines is 1. The minimum Gasteiger partial charge on any atom is -0.383 e. The van der Waals surface area contributed by atoms with Crippen LogP contribution in [0.25, 0.3) is 40.9 Å². The van der Waals surface area contributed by atoms with Crippen molar-refractivity contribution in [3.8, 4) is 17.1 Å². The van der Waals surface area contributed by atoms with Gasteiger partial charge in [-0.1, -0.05) is 66.8 Å². The Kier molecular flexibility index (Phi) is 6.09. The highest BCUT2D eigenvalue weighted by molar-refractivity contribution is 5.72. The van der Waals surface area contributed by atoms with Crippen LogP contribution in [-0.4, -0.2) is 14.5 Å². The zero-order valence-electron chi connectivity index (χ0n) is 19.3. The SMILES string of the molecule is C=C(C)c1ccc(-n2c(-c3cccnc3N)n/c(=C/C=C(\C)c3cccc(C)c3)c2=C)cc1. The minimum atomic E-state index is 0.431. The fourth-order valence-corrected chi connectivity index (χ4v) is 3.76. The summed E-state index contributed by atoms with van der Waals surface area (Å²) in [5.74, 6) is 1.14. The van der Waals surface area contributed by atoms with Crippen molar-refractivity contribution in [1.82, 2.24) is 14.5 Å². The van der Waals surface area contributed by atoms with E-state index >= 15 is 0 Å². The van der Waals surface area contributed by atoms with E-state index in [0.29, 0.717) is 11.6 Å². The molecule has 164 valence electrons. The van der Waals surface area contributed by atoms with Crippen molar-refractivity contribution in [2.45, 2.75) is 20.8 Å². The molecular formula is C29H28N4. The third-order valence-electron chi connectivity index (χ3n) is 5.67. The van der Waals surface area contributed by atoms with Crippen molar-refractivity contribution in [2.24, 2.45) is 0 Å². The third-order valence-corrected chi connectivity index (χ3v) is 5.67. The van der Waals surface area contributed by atoms with Gasteiger partial charge in [0.2, 0.25) is 0 Å². The number of allylic oxidation sites excluding steroid dienone is 3. The van der Waals surface area contributed by atoms with Gasteiger partial charge in [0.15, 0.2) is 0 Å². The highest BCUT2D eigenvalue weighted by atomic mass is 15.1. The number of imidazole rings is 1. The van der Waals surface area contributed by atoms with Crippen LogP contribution in [0.4, 0.5) is 5.82 Å². The smallest absolute Gasteiger partial charge is 0.149 e. The van der Waals surface area contributed by atoms with Crippen LogP contribution in [0.2, 0.25) is 0 Å². The van der Waals surface area contributed by atoms with Crippen LogP contribution in [0.15, 0.2) is 79.5 Å². The maximum Gasteiger partial charge on any atom is 0.149 e. The van der Waals surface area contributed by atoms with Crippen LogP contribution in [0.1, 0.15) is 30.5 Å². The lowest BCUT2D eigenvalue weighted by atomic mass is 10.0. The Hall–Kier alpha value is -4.18. The van der Waals surface area contributed by atoms with Gasteiger partial charge in [0, 0.05) is 11.9 Å². The Balaban J connectivity index is 1.90. The number of rotatable bonds is 5. The van der Waals surface area contributed by atoms with Crippen molar-refractivity contribution < 1.29 is 0 Å². The molecule has 0 atom stereocenters. The molecule has 0 bridgehead atoms. The number of hydrogen-bond donors (Lipinski definition) is 1. The van der Waals surface area contributed by atoms with Crippen LogP contribution in [-0.2, 0) is 0 Å². The molecule has 2 aromatic heterocycles. The molecule has 0 saturated carbocycles. The summed E-state index contributed by atoms with van der Waals surface area (Å²) < 4.78 is 2.03. The van der Waals surface area contributed by atoms with Gasteiger partial charge in [-0.15, -0.1) is 0 Å². The number of nitrogens with zero attached hydrogens (tertiary/aromatic N) is 3. The van der Waals surface area contributed by atoms with Crippen molar-refractivity contribution in [3.63, 3.8) is 0 Å². The molecule has 2 heterocycles. The van der Waals surface area contributed by atoms with Gasteiger partial charge in [-0.05, 0) is 67.8 Å². The fraction of sp³-hybridized carbons (Fsp3) is 0.103. The van der Waals surface area contributed by atoms with Crippen LogP contribution >= 0.6 is 0 Å². The number of benzene rings is 2. The lowest BCUT2D eigenvalue weighted by Gasteiger charge is -2.10. The van der Waals surface area contributed by atoms with Crippen molar-refractivity contribution in [3.05, 3.63) is 107 Å². The predicted octanol–water partition coefficient (Wildman–Crippen LogP) is 5.15. The molecule has 0 saturated heterocycles. The zero-order valence-corrected chi connectivity index (χ0v) is 19.3. The summed E-state index contributed by atoms with van der Waals surface area (Å²) in [5.41, 5.74) is 13.6. The largest absolute Gasteiger partial charge is 0.383 e. The summed E-state index contributed by atoms with van der Waals surface area (Å²) in [5, 5.41) is 1.56.